The van der Waals surface area contributed by atoms with E-state index in [0.717, 1.165) is 0 Å². The van der Waals surface area contributed by atoms with Crippen LogP contribution in [0.15, 0.2) is 0 Å². The van der Waals surface area contributed by atoms with Gasteiger partial charge in [0, 0.05) is 26.6 Å². The van der Waals surface area contributed by atoms with Gasteiger partial charge in [-0.05, 0) is 19.3 Å². The van der Waals surface area contributed by atoms with Crippen molar-refractivity contribution in [2.75, 3.05) is 26.7 Å². The van der Waals surface area contributed by atoms with Crippen molar-refractivity contribution in [3.63, 3.8) is 0 Å². The van der Waals surface area contributed by atoms with Gasteiger partial charge in [-0.1, -0.05) is 13.8 Å². The van der Waals surface area contributed by atoms with Crippen LogP contribution < -0.4 is 0 Å². The highest BCUT2D eigenvalue weighted by Gasteiger charge is 2.27. The Morgan fingerprint density at radius 1 is 1.00 bits per heavy atom. The van der Waals surface area contributed by atoms with E-state index in [1.807, 2.05) is 13.8 Å². The standard InChI is InChI=1S/C14H26N2O4/c1-6-16(7-2)12(18)10-15(5)11(17)8-14(3,4)9-13(19)20/h6-10H2,1-5H3,(H,19,20). The van der Waals surface area contributed by atoms with Crippen molar-refractivity contribution < 1.29 is 19.5 Å². The summed E-state index contributed by atoms with van der Waals surface area (Å²) in [5.74, 6) is -1.23. The summed E-state index contributed by atoms with van der Waals surface area (Å²) in [4.78, 5) is 37.7. The Balaban J connectivity index is 4.49. The molecule has 0 unspecified atom stereocenters. The molecule has 0 spiro atoms. The zero-order valence-corrected chi connectivity index (χ0v) is 13.1. The second-order valence-electron chi connectivity index (χ2n) is 5.73. The second kappa shape index (κ2) is 7.87. The van der Waals surface area contributed by atoms with Gasteiger partial charge in [0.15, 0.2) is 0 Å². The number of carboxylic acid groups (broad SMARTS) is 1. The van der Waals surface area contributed by atoms with Crippen LogP contribution in [0, 0.1) is 5.41 Å². The fourth-order valence-electron chi connectivity index (χ4n) is 1.98. The summed E-state index contributed by atoms with van der Waals surface area (Å²) in [6.07, 6.45) is 0.0396. The molecule has 0 aromatic heterocycles. The maximum Gasteiger partial charge on any atom is 0.303 e. The summed E-state index contributed by atoms with van der Waals surface area (Å²) in [5.41, 5.74) is -0.616. The number of hydrogen-bond acceptors (Lipinski definition) is 3. The Morgan fingerprint density at radius 2 is 1.50 bits per heavy atom. The van der Waals surface area contributed by atoms with Crippen molar-refractivity contribution in [1.29, 1.82) is 0 Å². The van der Waals surface area contributed by atoms with Crippen LogP contribution in [-0.4, -0.2) is 59.4 Å². The van der Waals surface area contributed by atoms with Gasteiger partial charge in [0.1, 0.15) is 0 Å². The molecule has 0 aliphatic rings. The summed E-state index contributed by atoms with van der Waals surface area (Å²) in [5, 5.41) is 8.80. The van der Waals surface area contributed by atoms with Gasteiger partial charge in [0.2, 0.25) is 11.8 Å². The third-order valence-corrected chi connectivity index (χ3v) is 3.17. The lowest BCUT2D eigenvalue weighted by Gasteiger charge is -2.27. The average Bonchev–Trinajstić information content (AvgIpc) is 2.27. The number of carboxylic acids is 1. The van der Waals surface area contributed by atoms with Crippen LogP contribution in [0.3, 0.4) is 0 Å². The molecule has 2 amide bonds. The van der Waals surface area contributed by atoms with Gasteiger partial charge in [-0.15, -0.1) is 0 Å². The highest BCUT2D eigenvalue weighted by molar-refractivity contribution is 5.85. The fourth-order valence-corrected chi connectivity index (χ4v) is 1.98. The van der Waals surface area contributed by atoms with E-state index >= 15 is 0 Å². The highest BCUT2D eigenvalue weighted by Crippen LogP contribution is 2.25. The maximum atomic E-state index is 12.0. The van der Waals surface area contributed by atoms with Crippen LogP contribution in [0.5, 0.6) is 0 Å². The van der Waals surface area contributed by atoms with Crippen molar-refractivity contribution >= 4 is 17.8 Å². The summed E-state index contributed by atoms with van der Waals surface area (Å²) in [6, 6.07) is 0. The first-order valence-corrected chi connectivity index (χ1v) is 6.86. The molecular formula is C14H26N2O4. The van der Waals surface area contributed by atoms with Crippen molar-refractivity contribution in [2.45, 2.75) is 40.5 Å². The van der Waals surface area contributed by atoms with Gasteiger partial charge in [0.25, 0.3) is 0 Å². The minimum atomic E-state index is -0.926. The lowest BCUT2D eigenvalue weighted by atomic mass is 9.85. The average molecular weight is 286 g/mol. The molecule has 20 heavy (non-hydrogen) atoms. The van der Waals surface area contributed by atoms with E-state index in [1.165, 1.54) is 4.90 Å². The minimum absolute atomic E-state index is 0.0314. The molecular weight excluding hydrogens is 260 g/mol. The number of carbonyl (C=O) groups is 3. The zero-order chi connectivity index (χ0) is 15.9. The topological polar surface area (TPSA) is 77.9 Å². The number of carbonyl (C=O) groups excluding carboxylic acids is 2. The second-order valence-corrected chi connectivity index (χ2v) is 5.73. The van der Waals surface area contributed by atoms with Crippen molar-refractivity contribution in [3.8, 4) is 0 Å². The SMILES string of the molecule is CCN(CC)C(=O)CN(C)C(=O)CC(C)(C)CC(=O)O. The Kier molecular flexibility index (Phi) is 7.24. The van der Waals surface area contributed by atoms with E-state index in [9.17, 15) is 14.4 Å². The van der Waals surface area contributed by atoms with E-state index < -0.39 is 11.4 Å². The van der Waals surface area contributed by atoms with Crippen LogP contribution in [0.1, 0.15) is 40.5 Å². The molecule has 6 nitrogen and oxygen atoms in total. The monoisotopic (exact) mass is 286 g/mol. The molecule has 0 saturated heterocycles. The lowest BCUT2D eigenvalue weighted by Crippen LogP contribution is -2.42. The van der Waals surface area contributed by atoms with E-state index in [1.54, 1.807) is 25.8 Å². The highest BCUT2D eigenvalue weighted by atomic mass is 16.4. The quantitative estimate of drug-likeness (QED) is 0.727. The Morgan fingerprint density at radius 3 is 1.90 bits per heavy atom. The number of nitrogens with zero attached hydrogens (tertiary/aromatic N) is 2. The molecule has 0 rings (SSSR count). The van der Waals surface area contributed by atoms with E-state index in [2.05, 4.69) is 0 Å². The van der Waals surface area contributed by atoms with Crippen molar-refractivity contribution in [3.05, 3.63) is 0 Å². The Hall–Kier alpha value is -1.59. The van der Waals surface area contributed by atoms with Gasteiger partial charge in [0.05, 0.1) is 13.0 Å². The van der Waals surface area contributed by atoms with Crippen LogP contribution in [0.25, 0.3) is 0 Å². The molecule has 6 heteroatoms. The normalized spacial score (nSPS) is 11.1. The first kappa shape index (κ1) is 18.4. The molecule has 0 heterocycles. The predicted molar refractivity (Wildman–Crippen MR) is 76.2 cm³/mol. The third kappa shape index (κ3) is 6.54. The molecule has 0 saturated carbocycles. The molecule has 0 aliphatic heterocycles. The van der Waals surface area contributed by atoms with E-state index in [4.69, 9.17) is 5.11 Å². The van der Waals surface area contributed by atoms with E-state index in [0.29, 0.717) is 13.1 Å². The third-order valence-electron chi connectivity index (χ3n) is 3.17. The fraction of sp³-hybridized carbons (Fsp3) is 0.786. The van der Waals surface area contributed by atoms with Crippen LogP contribution >= 0.6 is 0 Å². The molecule has 1 N–H and O–H groups in total. The molecule has 0 radical (unpaired) electrons. The molecule has 0 bridgehead atoms. The van der Waals surface area contributed by atoms with Gasteiger partial charge in [-0.25, -0.2) is 0 Å². The Labute approximate surface area is 120 Å². The minimum Gasteiger partial charge on any atom is -0.481 e. The number of hydrogen-bond donors (Lipinski definition) is 1. The smallest absolute Gasteiger partial charge is 0.303 e. The van der Waals surface area contributed by atoms with Crippen molar-refractivity contribution in [2.24, 2.45) is 5.41 Å². The summed E-state index contributed by atoms with van der Waals surface area (Å²) >= 11 is 0. The molecule has 0 aliphatic carbocycles. The lowest BCUT2D eigenvalue weighted by molar-refractivity contribution is -0.143. The summed E-state index contributed by atoms with van der Waals surface area (Å²) in [7, 11) is 1.57. The molecule has 0 fully saturated rings. The zero-order valence-electron chi connectivity index (χ0n) is 13.1. The van der Waals surface area contributed by atoms with Gasteiger partial charge < -0.3 is 14.9 Å². The van der Waals surface area contributed by atoms with Gasteiger partial charge >= 0.3 is 5.97 Å². The first-order valence-electron chi connectivity index (χ1n) is 6.86. The summed E-state index contributed by atoms with van der Waals surface area (Å²) in [6.45, 7) is 8.50. The van der Waals surface area contributed by atoms with Crippen LogP contribution in [0.4, 0.5) is 0 Å². The predicted octanol–water partition coefficient (Wildman–Crippen LogP) is 1.20. The molecule has 116 valence electrons. The van der Waals surface area contributed by atoms with Crippen molar-refractivity contribution in [1.82, 2.24) is 9.80 Å². The molecule has 0 aromatic carbocycles. The van der Waals surface area contributed by atoms with Gasteiger partial charge in [-0.3, -0.25) is 14.4 Å². The van der Waals surface area contributed by atoms with Crippen LogP contribution in [-0.2, 0) is 14.4 Å². The Bertz CT molecular complexity index is 362. The number of likely N-dealkylation sites (N-methyl/N-ethyl adjacent to an activating group) is 2. The molecule has 0 aromatic rings. The van der Waals surface area contributed by atoms with E-state index in [-0.39, 0.29) is 31.2 Å². The molecule has 0 atom stereocenters. The number of rotatable bonds is 8. The first-order chi connectivity index (χ1) is 9.12. The maximum absolute atomic E-state index is 12.0. The largest absolute Gasteiger partial charge is 0.481 e. The summed E-state index contributed by atoms with van der Waals surface area (Å²) < 4.78 is 0. The van der Waals surface area contributed by atoms with Gasteiger partial charge in [-0.2, -0.15) is 0 Å². The van der Waals surface area contributed by atoms with Crippen LogP contribution in [0.2, 0.25) is 0 Å². The number of amides is 2. The number of aliphatic carboxylic acids is 1.